The van der Waals surface area contributed by atoms with Crippen LogP contribution in [0.4, 0.5) is 18.9 Å². The Balaban J connectivity index is 2.23. The first-order valence-electron chi connectivity index (χ1n) is 6.03. The molecule has 20 heavy (non-hydrogen) atoms. The van der Waals surface area contributed by atoms with Gasteiger partial charge in [0.25, 0.3) is 0 Å². The molecule has 7 heteroatoms. The minimum absolute atomic E-state index is 0.180. The third-order valence-electron chi connectivity index (χ3n) is 3.26. The summed E-state index contributed by atoms with van der Waals surface area (Å²) < 4.78 is 38.0. The van der Waals surface area contributed by atoms with Gasteiger partial charge in [-0.05, 0) is 24.6 Å². The number of halogens is 3. The van der Waals surface area contributed by atoms with Gasteiger partial charge < -0.3 is 4.90 Å². The van der Waals surface area contributed by atoms with Gasteiger partial charge in [-0.15, -0.1) is 0 Å². The molecule has 0 saturated carbocycles. The lowest BCUT2D eigenvalue weighted by atomic mass is 10.0. The Bertz CT molecular complexity index is 543. The Kier molecular flexibility index (Phi) is 3.69. The number of anilines is 1. The Hall–Kier alpha value is -2.05. The summed E-state index contributed by atoms with van der Waals surface area (Å²) in [5, 5.41) is 2.18. The van der Waals surface area contributed by atoms with E-state index in [1.807, 2.05) is 0 Å². The summed E-state index contributed by atoms with van der Waals surface area (Å²) in [5.74, 6) is -0.843. The van der Waals surface area contributed by atoms with Crippen LogP contribution in [0.3, 0.4) is 0 Å². The first-order valence-corrected chi connectivity index (χ1v) is 6.03. The molecular weight excluding hydrogens is 273 g/mol. The van der Waals surface area contributed by atoms with Gasteiger partial charge in [0.2, 0.25) is 11.8 Å². The van der Waals surface area contributed by atoms with Gasteiger partial charge in [-0.3, -0.25) is 14.9 Å². The lowest BCUT2D eigenvalue weighted by molar-refractivity contribution is -0.137. The molecule has 2 rings (SSSR count). The number of benzene rings is 1. The molecule has 1 heterocycles. The van der Waals surface area contributed by atoms with Crippen molar-refractivity contribution in [1.29, 1.82) is 0 Å². The predicted molar refractivity (Wildman–Crippen MR) is 66.0 cm³/mol. The fraction of sp³-hybridized carbons (Fsp3) is 0.385. The van der Waals surface area contributed by atoms with Crippen molar-refractivity contribution in [2.75, 3.05) is 11.9 Å². The number of nitrogens with zero attached hydrogens (tertiary/aromatic N) is 1. The maximum absolute atomic E-state index is 12.7. The summed E-state index contributed by atoms with van der Waals surface area (Å²) in [6.45, 7) is 0. The topological polar surface area (TPSA) is 49.4 Å². The van der Waals surface area contributed by atoms with Gasteiger partial charge in [0.05, 0.1) is 5.56 Å². The van der Waals surface area contributed by atoms with Crippen LogP contribution in [0, 0.1) is 0 Å². The van der Waals surface area contributed by atoms with E-state index in [1.54, 1.807) is 0 Å². The highest BCUT2D eigenvalue weighted by molar-refractivity contribution is 6.01. The average Bonchev–Trinajstić information content (AvgIpc) is 2.37. The SMILES string of the molecule is CN(c1cccc(C(F)(F)F)c1)C1CCC(=O)NC1=O. The Morgan fingerprint density at radius 1 is 1.30 bits per heavy atom. The molecule has 1 aromatic carbocycles. The Labute approximate surface area is 113 Å². The molecule has 1 N–H and O–H groups in total. The lowest BCUT2D eigenvalue weighted by Crippen LogP contribution is -2.51. The van der Waals surface area contributed by atoms with Crippen molar-refractivity contribution in [3.63, 3.8) is 0 Å². The number of carbonyl (C=O) groups is 2. The maximum atomic E-state index is 12.7. The summed E-state index contributed by atoms with van der Waals surface area (Å²) >= 11 is 0. The van der Waals surface area contributed by atoms with Crippen LogP contribution in [0.5, 0.6) is 0 Å². The van der Waals surface area contributed by atoms with Gasteiger partial charge in [-0.2, -0.15) is 13.2 Å². The molecule has 0 aromatic heterocycles. The molecular formula is C13H13F3N2O2. The van der Waals surface area contributed by atoms with Crippen LogP contribution < -0.4 is 10.2 Å². The van der Waals surface area contributed by atoms with Crippen LogP contribution in [0.15, 0.2) is 24.3 Å². The molecule has 0 aliphatic carbocycles. The fourth-order valence-corrected chi connectivity index (χ4v) is 2.13. The van der Waals surface area contributed by atoms with Crippen molar-refractivity contribution in [3.8, 4) is 0 Å². The molecule has 1 unspecified atom stereocenters. The van der Waals surface area contributed by atoms with E-state index in [4.69, 9.17) is 0 Å². The van der Waals surface area contributed by atoms with Crippen molar-refractivity contribution < 1.29 is 22.8 Å². The highest BCUT2D eigenvalue weighted by Gasteiger charge is 2.33. The summed E-state index contributed by atoms with van der Waals surface area (Å²) in [4.78, 5) is 24.2. The molecule has 1 aliphatic rings. The zero-order valence-corrected chi connectivity index (χ0v) is 10.7. The van der Waals surface area contributed by atoms with Crippen molar-refractivity contribution in [2.45, 2.75) is 25.1 Å². The number of carbonyl (C=O) groups excluding carboxylic acids is 2. The Morgan fingerprint density at radius 2 is 2.00 bits per heavy atom. The number of piperidine rings is 1. The Morgan fingerprint density at radius 3 is 2.60 bits per heavy atom. The monoisotopic (exact) mass is 286 g/mol. The molecule has 0 bridgehead atoms. The zero-order chi connectivity index (χ0) is 14.9. The van der Waals surface area contributed by atoms with Gasteiger partial charge >= 0.3 is 6.18 Å². The number of amides is 2. The number of hydrogen-bond donors (Lipinski definition) is 1. The summed E-state index contributed by atoms with van der Waals surface area (Å²) in [6.07, 6.45) is -3.96. The molecule has 0 radical (unpaired) electrons. The molecule has 1 fully saturated rings. The predicted octanol–water partition coefficient (Wildman–Crippen LogP) is 1.95. The van der Waals surface area contributed by atoms with Crippen LogP contribution >= 0.6 is 0 Å². The summed E-state index contributed by atoms with van der Waals surface area (Å²) in [7, 11) is 1.54. The first-order chi connectivity index (χ1) is 9.29. The van der Waals surface area contributed by atoms with Crippen LogP contribution in [0.2, 0.25) is 0 Å². The maximum Gasteiger partial charge on any atom is 0.416 e. The molecule has 1 aromatic rings. The molecule has 4 nitrogen and oxygen atoms in total. The van der Waals surface area contributed by atoms with Gasteiger partial charge in [-0.25, -0.2) is 0 Å². The molecule has 1 atom stereocenters. The third-order valence-corrected chi connectivity index (χ3v) is 3.26. The van der Waals surface area contributed by atoms with E-state index in [2.05, 4.69) is 5.32 Å². The number of nitrogens with one attached hydrogen (secondary N) is 1. The van der Waals surface area contributed by atoms with E-state index in [1.165, 1.54) is 24.1 Å². The quantitative estimate of drug-likeness (QED) is 0.845. The van der Waals surface area contributed by atoms with Crippen molar-refractivity contribution in [2.24, 2.45) is 0 Å². The number of hydrogen-bond acceptors (Lipinski definition) is 3. The van der Waals surface area contributed by atoms with Gasteiger partial charge in [0, 0.05) is 19.2 Å². The fourth-order valence-electron chi connectivity index (χ4n) is 2.13. The van der Waals surface area contributed by atoms with Crippen molar-refractivity contribution in [1.82, 2.24) is 5.32 Å². The van der Waals surface area contributed by atoms with E-state index < -0.39 is 23.7 Å². The zero-order valence-electron chi connectivity index (χ0n) is 10.7. The number of imide groups is 1. The average molecular weight is 286 g/mol. The normalized spacial score (nSPS) is 19.7. The largest absolute Gasteiger partial charge is 0.416 e. The third kappa shape index (κ3) is 2.92. The van der Waals surface area contributed by atoms with Crippen molar-refractivity contribution in [3.05, 3.63) is 29.8 Å². The summed E-state index contributed by atoms with van der Waals surface area (Å²) in [6, 6.07) is 4.11. The molecule has 1 saturated heterocycles. The van der Waals surface area contributed by atoms with Gasteiger partial charge in [0.1, 0.15) is 6.04 Å². The lowest BCUT2D eigenvalue weighted by Gasteiger charge is -2.31. The number of likely N-dealkylation sites (N-methyl/N-ethyl adjacent to an activating group) is 1. The molecule has 1 aliphatic heterocycles. The number of alkyl halides is 3. The van der Waals surface area contributed by atoms with E-state index in [9.17, 15) is 22.8 Å². The van der Waals surface area contributed by atoms with Crippen LogP contribution in [-0.2, 0) is 15.8 Å². The minimum atomic E-state index is -4.43. The van der Waals surface area contributed by atoms with Crippen molar-refractivity contribution >= 4 is 17.5 Å². The highest BCUT2D eigenvalue weighted by atomic mass is 19.4. The summed E-state index contributed by atoms with van der Waals surface area (Å²) in [5.41, 5.74) is -0.483. The second-order valence-corrected chi connectivity index (χ2v) is 4.63. The standard InChI is InChI=1S/C13H13F3N2O2/c1-18(10-5-6-11(19)17-12(10)20)9-4-2-3-8(7-9)13(14,15)16/h2-4,7,10H,5-6H2,1H3,(H,17,19,20). The second kappa shape index (κ2) is 5.15. The van der Waals surface area contributed by atoms with Crippen LogP contribution in [0.25, 0.3) is 0 Å². The van der Waals surface area contributed by atoms with Crippen LogP contribution in [0.1, 0.15) is 18.4 Å². The number of rotatable bonds is 2. The van der Waals surface area contributed by atoms with E-state index in [-0.39, 0.29) is 24.4 Å². The van der Waals surface area contributed by atoms with Gasteiger partial charge in [0.15, 0.2) is 0 Å². The molecule has 2 amide bonds. The molecule has 108 valence electrons. The van der Waals surface area contributed by atoms with E-state index >= 15 is 0 Å². The minimum Gasteiger partial charge on any atom is -0.363 e. The molecule has 0 spiro atoms. The van der Waals surface area contributed by atoms with E-state index in [0.717, 1.165) is 12.1 Å². The first kappa shape index (κ1) is 14.4. The second-order valence-electron chi connectivity index (χ2n) is 4.63. The van der Waals surface area contributed by atoms with E-state index in [0.29, 0.717) is 0 Å². The van der Waals surface area contributed by atoms with Crippen LogP contribution in [-0.4, -0.2) is 24.9 Å². The highest BCUT2D eigenvalue weighted by Crippen LogP contribution is 2.32. The van der Waals surface area contributed by atoms with Gasteiger partial charge in [-0.1, -0.05) is 6.07 Å². The smallest absolute Gasteiger partial charge is 0.363 e.